The number of hydrogen-bond donors (Lipinski definition) is 3. The Morgan fingerprint density at radius 1 is 1.29 bits per heavy atom. The van der Waals surface area contributed by atoms with Crippen LogP contribution >= 0.6 is 0 Å². The van der Waals surface area contributed by atoms with Gasteiger partial charge < -0.3 is 16.2 Å². The van der Waals surface area contributed by atoms with Crippen molar-refractivity contribution in [2.75, 3.05) is 12.3 Å². The molecule has 1 fully saturated rings. The lowest BCUT2D eigenvalue weighted by Gasteiger charge is -2.26. The molecule has 116 valence electrons. The Morgan fingerprint density at radius 2 is 2.00 bits per heavy atom. The summed E-state index contributed by atoms with van der Waals surface area (Å²) in [6, 6.07) is 7.61. The van der Waals surface area contributed by atoms with Crippen LogP contribution in [0.15, 0.2) is 24.3 Å². The van der Waals surface area contributed by atoms with Gasteiger partial charge in [-0.15, -0.1) is 0 Å². The van der Waals surface area contributed by atoms with Gasteiger partial charge >= 0.3 is 0 Å². The number of para-hydroxylation sites is 1. The first-order valence-electron chi connectivity index (χ1n) is 7.95. The van der Waals surface area contributed by atoms with Gasteiger partial charge in [0.2, 0.25) is 5.91 Å². The molecular weight excluding hydrogens is 264 g/mol. The fraction of sp³-hybridized carbons (Fsp3) is 0.588. The Kier molecular flexibility index (Phi) is 6.05. The van der Waals surface area contributed by atoms with Gasteiger partial charge in [-0.2, -0.15) is 0 Å². The van der Waals surface area contributed by atoms with Crippen LogP contribution in [0.3, 0.4) is 0 Å². The molecule has 0 radical (unpaired) electrons. The molecule has 1 aromatic carbocycles. The van der Waals surface area contributed by atoms with Crippen molar-refractivity contribution in [1.82, 2.24) is 5.32 Å². The third-order valence-electron chi connectivity index (χ3n) is 4.38. The number of amides is 1. The average Bonchev–Trinajstić information content (AvgIpc) is 2.52. The lowest BCUT2D eigenvalue weighted by atomic mass is 9.85. The molecule has 1 unspecified atom stereocenters. The molecule has 0 spiro atoms. The Hall–Kier alpha value is -1.55. The van der Waals surface area contributed by atoms with E-state index in [4.69, 9.17) is 5.73 Å². The number of carbonyl (C=O) groups is 1. The van der Waals surface area contributed by atoms with Crippen LogP contribution < -0.4 is 11.1 Å². The minimum Gasteiger partial charge on any atom is -0.399 e. The number of benzene rings is 1. The Morgan fingerprint density at radius 3 is 2.71 bits per heavy atom. The van der Waals surface area contributed by atoms with Crippen molar-refractivity contribution in [3.8, 4) is 0 Å². The first-order chi connectivity index (χ1) is 10.2. The summed E-state index contributed by atoms with van der Waals surface area (Å²) in [6.07, 6.45) is 6.47. The second-order valence-corrected chi connectivity index (χ2v) is 5.97. The molecule has 2 rings (SSSR count). The van der Waals surface area contributed by atoms with Crippen LogP contribution in [0.1, 0.15) is 44.1 Å². The molecule has 4 heteroatoms. The highest BCUT2D eigenvalue weighted by atomic mass is 16.3. The van der Waals surface area contributed by atoms with Gasteiger partial charge in [-0.05, 0) is 36.8 Å². The van der Waals surface area contributed by atoms with Gasteiger partial charge in [0.25, 0.3) is 0 Å². The second-order valence-electron chi connectivity index (χ2n) is 5.97. The van der Waals surface area contributed by atoms with Crippen molar-refractivity contribution in [2.45, 2.75) is 51.0 Å². The molecule has 0 saturated heterocycles. The number of hydrogen-bond acceptors (Lipinski definition) is 3. The van der Waals surface area contributed by atoms with Gasteiger partial charge in [0.15, 0.2) is 0 Å². The highest BCUT2D eigenvalue weighted by molar-refractivity contribution is 5.76. The zero-order chi connectivity index (χ0) is 15.1. The highest BCUT2D eigenvalue weighted by Crippen LogP contribution is 2.26. The van der Waals surface area contributed by atoms with Crippen molar-refractivity contribution in [3.63, 3.8) is 0 Å². The fourth-order valence-corrected chi connectivity index (χ4v) is 3.00. The molecule has 0 bridgehead atoms. The summed E-state index contributed by atoms with van der Waals surface area (Å²) >= 11 is 0. The van der Waals surface area contributed by atoms with E-state index < -0.39 is 6.10 Å². The highest BCUT2D eigenvalue weighted by Gasteiger charge is 2.21. The van der Waals surface area contributed by atoms with Gasteiger partial charge in [0.1, 0.15) is 0 Å². The number of anilines is 1. The number of aliphatic hydroxyl groups excluding tert-OH is 1. The molecular formula is C17H26N2O2. The van der Waals surface area contributed by atoms with E-state index in [1.165, 1.54) is 19.3 Å². The van der Waals surface area contributed by atoms with Crippen LogP contribution in [-0.4, -0.2) is 23.7 Å². The van der Waals surface area contributed by atoms with Crippen molar-refractivity contribution >= 4 is 11.6 Å². The fourth-order valence-electron chi connectivity index (χ4n) is 3.00. The number of aryl methyl sites for hydroxylation is 1. The normalized spacial score (nSPS) is 17.4. The van der Waals surface area contributed by atoms with Crippen molar-refractivity contribution < 1.29 is 9.90 Å². The van der Waals surface area contributed by atoms with Crippen LogP contribution in [0.4, 0.5) is 5.69 Å². The van der Waals surface area contributed by atoms with Crippen LogP contribution in [0.2, 0.25) is 0 Å². The molecule has 21 heavy (non-hydrogen) atoms. The molecule has 1 aliphatic carbocycles. The van der Waals surface area contributed by atoms with E-state index in [9.17, 15) is 9.90 Å². The number of nitrogen functional groups attached to an aromatic ring is 1. The van der Waals surface area contributed by atoms with Gasteiger partial charge in [0, 0.05) is 18.7 Å². The topological polar surface area (TPSA) is 75.4 Å². The third-order valence-corrected chi connectivity index (χ3v) is 4.38. The molecule has 1 aromatic rings. The second kappa shape index (κ2) is 8.03. The predicted molar refractivity (Wildman–Crippen MR) is 84.8 cm³/mol. The predicted octanol–water partition coefficient (Wildman–Crippen LogP) is 2.26. The number of rotatable bonds is 6. The third kappa shape index (κ3) is 5.05. The molecule has 1 aliphatic rings. The maximum atomic E-state index is 11.9. The summed E-state index contributed by atoms with van der Waals surface area (Å²) in [5.74, 6) is 0.330. The Labute approximate surface area is 126 Å². The largest absolute Gasteiger partial charge is 0.399 e. The maximum absolute atomic E-state index is 11.9. The van der Waals surface area contributed by atoms with E-state index in [2.05, 4.69) is 5.32 Å². The molecule has 0 heterocycles. The van der Waals surface area contributed by atoms with E-state index in [-0.39, 0.29) is 5.91 Å². The number of carbonyl (C=O) groups excluding carboxylic acids is 1. The monoisotopic (exact) mass is 290 g/mol. The van der Waals surface area contributed by atoms with Gasteiger partial charge in [-0.25, -0.2) is 0 Å². The molecule has 0 aliphatic heterocycles. The molecule has 0 aromatic heterocycles. The molecule has 1 amide bonds. The number of nitrogens with two attached hydrogens (primary N) is 1. The molecule has 1 atom stereocenters. The number of nitrogens with one attached hydrogen (secondary N) is 1. The van der Waals surface area contributed by atoms with Crippen LogP contribution in [0.5, 0.6) is 0 Å². The Bertz CT molecular complexity index is 456. The van der Waals surface area contributed by atoms with Crippen LogP contribution in [0, 0.1) is 5.92 Å². The van der Waals surface area contributed by atoms with Gasteiger partial charge in [-0.1, -0.05) is 37.5 Å². The van der Waals surface area contributed by atoms with Crippen molar-refractivity contribution in [3.05, 3.63) is 29.8 Å². The summed E-state index contributed by atoms with van der Waals surface area (Å²) in [5.41, 5.74) is 7.58. The summed E-state index contributed by atoms with van der Waals surface area (Å²) in [5, 5.41) is 13.0. The summed E-state index contributed by atoms with van der Waals surface area (Å²) in [6.45, 7) is 0.369. The zero-order valence-corrected chi connectivity index (χ0v) is 12.6. The summed E-state index contributed by atoms with van der Waals surface area (Å²) in [4.78, 5) is 11.9. The number of aliphatic hydroxyl groups is 1. The van der Waals surface area contributed by atoms with Crippen LogP contribution in [-0.2, 0) is 11.2 Å². The summed E-state index contributed by atoms with van der Waals surface area (Å²) in [7, 11) is 0. The van der Waals surface area contributed by atoms with Crippen molar-refractivity contribution in [2.24, 2.45) is 5.92 Å². The van der Waals surface area contributed by atoms with E-state index in [0.29, 0.717) is 25.3 Å². The zero-order valence-electron chi connectivity index (χ0n) is 12.6. The summed E-state index contributed by atoms with van der Waals surface area (Å²) < 4.78 is 0. The van der Waals surface area contributed by atoms with Gasteiger partial charge in [-0.3, -0.25) is 4.79 Å². The molecule has 4 nitrogen and oxygen atoms in total. The SMILES string of the molecule is Nc1ccccc1CCC(=O)NCC(O)C1CCCCC1. The van der Waals surface area contributed by atoms with E-state index in [1.807, 2.05) is 24.3 Å². The lowest BCUT2D eigenvalue weighted by molar-refractivity contribution is -0.121. The first kappa shape index (κ1) is 15.8. The molecule has 4 N–H and O–H groups in total. The van der Waals surface area contributed by atoms with Gasteiger partial charge in [0.05, 0.1) is 6.10 Å². The minimum atomic E-state index is -0.406. The van der Waals surface area contributed by atoms with E-state index >= 15 is 0 Å². The molecule has 1 saturated carbocycles. The van der Waals surface area contributed by atoms with E-state index in [1.54, 1.807) is 0 Å². The van der Waals surface area contributed by atoms with Crippen LogP contribution in [0.25, 0.3) is 0 Å². The maximum Gasteiger partial charge on any atom is 0.220 e. The quantitative estimate of drug-likeness (QED) is 0.703. The average molecular weight is 290 g/mol. The van der Waals surface area contributed by atoms with Crippen molar-refractivity contribution in [1.29, 1.82) is 0 Å². The Balaban J connectivity index is 1.68. The van der Waals surface area contributed by atoms with E-state index in [0.717, 1.165) is 24.1 Å². The first-order valence-corrected chi connectivity index (χ1v) is 7.95. The smallest absolute Gasteiger partial charge is 0.220 e. The lowest BCUT2D eigenvalue weighted by Crippen LogP contribution is -2.37. The minimum absolute atomic E-state index is 0.0203. The standard InChI is InChI=1S/C17H26N2O2/c18-15-9-5-4-6-13(15)10-11-17(21)19-12-16(20)14-7-2-1-3-8-14/h4-6,9,14,16,20H,1-3,7-8,10-12,18H2,(H,19,21).